The van der Waals surface area contributed by atoms with Gasteiger partial charge in [0.15, 0.2) is 5.43 Å². The highest BCUT2D eigenvalue weighted by Crippen LogP contribution is 2.16. The molecule has 0 radical (unpaired) electrons. The van der Waals surface area contributed by atoms with Gasteiger partial charge in [-0.3, -0.25) is 9.36 Å². The molecule has 0 spiro atoms. The maximum absolute atomic E-state index is 12.0. The molecule has 0 amide bonds. The van der Waals surface area contributed by atoms with E-state index in [1.165, 1.54) is 6.20 Å². The third-order valence-corrected chi connectivity index (χ3v) is 2.51. The molecule has 19 heavy (non-hydrogen) atoms. The Morgan fingerprint density at radius 1 is 1.47 bits per heavy atom. The van der Waals surface area contributed by atoms with Gasteiger partial charge in [0.05, 0.1) is 12.1 Å². The summed E-state index contributed by atoms with van der Waals surface area (Å²) in [5.74, 6) is 0. The highest BCUT2D eigenvalue weighted by atomic mass is 16.5. The van der Waals surface area contributed by atoms with Gasteiger partial charge in [0.1, 0.15) is 5.69 Å². The van der Waals surface area contributed by atoms with Gasteiger partial charge in [-0.15, -0.1) is 0 Å². The average molecular weight is 258 g/mol. The second-order valence-electron chi connectivity index (χ2n) is 3.62. The van der Waals surface area contributed by atoms with E-state index in [1.807, 2.05) is 0 Å². The quantitative estimate of drug-likeness (QED) is 0.470. The van der Waals surface area contributed by atoms with Crippen LogP contribution in [0.2, 0.25) is 0 Å². The van der Waals surface area contributed by atoms with E-state index in [2.05, 4.69) is 10.0 Å². The van der Waals surface area contributed by atoms with E-state index in [1.54, 1.807) is 31.2 Å². The molecule has 2 rings (SSSR count). The van der Waals surface area contributed by atoms with Crippen molar-refractivity contribution in [3.8, 4) is 0 Å². The number of nitrogens with zero attached hydrogens (tertiary/aromatic N) is 4. The van der Waals surface area contributed by atoms with E-state index in [-0.39, 0.29) is 12.3 Å². The van der Waals surface area contributed by atoms with E-state index in [4.69, 9.17) is 10.3 Å². The number of fused-ring (bicyclic) bond motifs is 1. The smallest absolute Gasteiger partial charge is 0.418 e. The Morgan fingerprint density at radius 3 is 2.89 bits per heavy atom. The standard InChI is InChI=1S/C12H10N4O3/c1-2-19-12(18)16-7-9(14-15-13)11(17)8-5-3-4-6-10(8)16/h3-7H,2H2,1H3. The molecule has 1 aromatic carbocycles. The van der Waals surface area contributed by atoms with Gasteiger partial charge >= 0.3 is 6.09 Å². The van der Waals surface area contributed by atoms with Crippen LogP contribution in [0.3, 0.4) is 0 Å². The van der Waals surface area contributed by atoms with Crippen molar-refractivity contribution in [3.63, 3.8) is 0 Å². The molecule has 7 heteroatoms. The van der Waals surface area contributed by atoms with Gasteiger partial charge in [0.25, 0.3) is 0 Å². The van der Waals surface area contributed by atoms with Crippen molar-refractivity contribution in [2.24, 2.45) is 5.11 Å². The zero-order chi connectivity index (χ0) is 13.8. The average Bonchev–Trinajstić information content (AvgIpc) is 2.42. The van der Waals surface area contributed by atoms with Gasteiger partial charge in [-0.1, -0.05) is 17.2 Å². The first-order chi connectivity index (χ1) is 9.19. The second-order valence-corrected chi connectivity index (χ2v) is 3.62. The molecule has 0 aliphatic rings. The van der Waals surface area contributed by atoms with E-state index >= 15 is 0 Å². The molecule has 0 N–H and O–H groups in total. The zero-order valence-electron chi connectivity index (χ0n) is 10.1. The number of carbonyl (C=O) groups is 1. The normalized spacial score (nSPS) is 9.95. The number of aromatic nitrogens is 1. The first-order valence-electron chi connectivity index (χ1n) is 5.55. The Bertz CT molecular complexity index is 744. The van der Waals surface area contributed by atoms with Crippen LogP contribution in [0.25, 0.3) is 21.3 Å². The van der Waals surface area contributed by atoms with Crippen LogP contribution in [0, 0.1) is 0 Å². The van der Waals surface area contributed by atoms with Gasteiger partial charge in [-0.2, -0.15) is 0 Å². The maximum atomic E-state index is 12.0. The van der Waals surface area contributed by atoms with Crippen LogP contribution < -0.4 is 5.43 Å². The summed E-state index contributed by atoms with van der Waals surface area (Å²) in [5, 5.41) is 3.59. The molecule has 2 aromatic rings. The molecule has 7 nitrogen and oxygen atoms in total. The summed E-state index contributed by atoms with van der Waals surface area (Å²) in [7, 11) is 0. The number of rotatable bonds is 2. The van der Waals surface area contributed by atoms with Crippen LogP contribution in [-0.2, 0) is 4.74 Å². The van der Waals surface area contributed by atoms with Gasteiger partial charge < -0.3 is 4.74 Å². The van der Waals surface area contributed by atoms with Crippen molar-refractivity contribution in [1.82, 2.24) is 4.57 Å². The number of benzene rings is 1. The Hall–Kier alpha value is -2.79. The number of hydrogen-bond donors (Lipinski definition) is 0. The molecule has 0 bridgehead atoms. The molecular formula is C12H10N4O3. The molecule has 0 aliphatic heterocycles. The molecule has 0 fully saturated rings. The molecule has 0 unspecified atom stereocenters. The zero-order valence-corrected chi connectivity index (χ0v) is 10.1. The summed E-state index contributed by atoms with van der Waals surface area (Å²) < 4.78 is 6.05. The Kier molecular flexibility index (Phi) is 3.49. The fourth-order valence-electron chi connectivity index (χ4n) is 1.73. The fourth-order valence-corrected chi connectivity index (χ4v) is 1.73. The summed E-state index contributed by atoms with van der Waals surface area (Å²) in [6, 6.07) is 6.54. The van der Waals surface area contributed by atoms with Crippen molar-refractivity contribution < 1.29 is 9.53 Å². The molecule has 0 aliphatic carbocycles. The lowest BCUT2D eigenvalue weighted by Crippen LogP contribution is -2.17. The summed E-state index contributed by atoms with van der Waals surface area (Å²) in [6.45, 7) is 1.88. The summed E-state index contributed by atoms with van der Waals surface area (Å²) >= 11 is 0. The third-order valence-electron chi connectivity index (χ3n) is 2.51. The Labute approximate surface area is 107 Å². The van der Waals surface area contributed by atoms with Crippen LogP contribution >= 0.6 is 0 Å². The Morgan fingerprint density at radius 2 is 2.21 bits per heavy atom. The summed E-state index contributed by atoms with van der Waals surface area (Å²) in [6.07, 6.45) is 0.552. The van der Waals surface area contributed by atoms with Crippen molar-refractivity contribution in [1.29, 1.82) is 0 Å². The lowest BCUT2D eigenvalue weighted by atomic mass is 10.2. The van der Waals surface area contributed by atoms with Crippen molar-refractivity contribution >= 4 is 22.7 Å². The minimum absolute atomic E-state index is 0.144. The molecule has 0 saturated heterocycles. The lowest BCUT2D eigenvalue weighted by Gasteiger charge is -2.10. The second kappa shape index (κ2) is 5.24. The minimum Gasteiger partial charge on any atom is -0.449 e. The van der Waals surface area contributed by atoms with Crippen LogP contribution in [0.1, 0.15) is 6.92 Å². The number of para-hydroxylation sites is 1. The van der Waals surface area contributed by atoms with Gasteiger partial charge in [0.2, 0.25) is 0 Å². The van der Waals surface area contributed by atoms with Crippen LogP contribution in [0.5, 0.6) is 0 Å². The topological polar surface area (TPSA) is 97.1 Å². The summed E-state index contributed by atoms with van der Waals surface area (Å²) in [5.41, 5.74) is 8.28. The first kappa shape index (κ1) is 12.7. The molecular weight excluding hydrogens is 248 g/mol. The predicted molar refractivity (Wildman–Crippen MR) is 69.4 cm³/mol. The van der Waals surface area contributed by atoms with Crippen molar-refractivity contribution in [2.45, 2.75) is 6.92 Å². The largest absolute Gasteiger partial charge is 0.449 e. The highest BCUT2D eigenvalue weighted by Gasteiger charge is 2.12. The van der Waals surface area contributed by atoms with E-state index in [0.717, 1.165) is 4.57 Å². The number of carbonyl (C=O) groups excluding carboxylic acids is 1. The van der Waals surface area contributed by atoms with Crippen LogP contribution in [0.4, 0.5) is 10.5 Å². The van der Waals surface area contributed by atoms with E-state index < -0.39 is 11.5 Å². The number of pyridine rings is 1. The SMILES string of the molecule is CCOC(=O)n1cc(N=[N+]=[N-])c(=O)c2ccccc21. The molecule has 1 aromatic heterocycles. The molecule has 0 saturated carbocycles. The van der Waals surface area contributed by atoms with Crippen molar-refractivity contribution in [3.05, 3.63) is 51.1 Å². The Balaban J connectivity index is 2.82. The maximum Gasteiger partial charge on any atom is 0.418 e. The lowest BCUT2D eigenvalue weighted by molar-refractivity contribution is 0.155. The number of ether oxygens (including phenoxy) is 1. The third kappa shape index (κ3) is 2.27. The van der Waals surface area contributed by atoms with E-state index in [9.17, 15) is 9.59 Å². The number of azide groups is 1. The first-order valence-corrected chi connectivity index (χ1v) is 5.55. The van der Waals surface area contributed by atoms with E-state index in [0.29, 0.717) is 10.9 Å². The highest BCUT2D eigenvalue weighted by molar-refractivity contribution is 5.89. The van der Waals surface area contributed by atoms with Gasteiger partial charge in [-0.05, 0) is 24.6 Å². The van der Waals surface area contributed by atoms with Gasteiger partial charge in [0, 0.05) is 16.5 Å². The monoisotopic (exact) mass is 258 g/mol. The van der Waals surface area contributed by atoms with Crippen LogP contribution in [0.15, 0.2) is 40.4 Å². The molecule has 96 valence electrons. The number of hydrogen-bond acceptors (Lipinski definition) is 4. The summed E-state index contributed by atoms with van der Waals surface area (Å²) in [4.78, 5) is 26.4. The molecule has 1 heterocycles. The molecule has 0 atom stereocenters. The predicted octanol–water partition coefficient (Wildman–Crippen LogP) is 2.95. The van der Waals surface area contributed by atoms with Crippen molar-refractivity contribution in [2.75, 3.05) is 6.61 Å². The fraction of sp³-hybridized carbons (Fsp3) is 0.167. The van der Waals surface area contributed by atoms with Crippen LogP contribution in [-0.4, -0.2) is 17.3 Å². The minimum atomic E-state index is -0.631. The van der Waals surface area contributed by atoms with Gasteiger partial charge in [-0.25, -0.2) is 4.79 Å².